The molecule has 1 aromatic carbocycles. The van der Waals surface area contributed by atoms with E-state index in [1.165, 1.54) is 12.1 Å². The number of rotatable bonds is 0. The van der Waals surface area contributed by atoms with Gasteiger partial charge in [0, 0.05) is 0 Å². The zero-order chi connectivity index (χ0) is 20.7. The van der Waals surface area contributed by atoms with E-state index >= 15 is 0 Å². The van der Waals surface area contributed by atoms with Gasteiger partial charge in [0.2, 0.25) is 0 Å². The number of ether oxygens (including phenoxy) is 2. The van der Waals surface area contributed by atoms with E-state index in [1.54, 1.807) is 54.5 Å². The zero-order valence-electron chi connectivity index (χ0n) is 16.6. The Morgan fingerprint density at radius 3 is 1.81 bits per heavy atom. The molecule has 0 aliphatic heterocycles. The van der Waals surface area contributed by atoms with Gasteiger partial charge in [0.05, 0.1) is 10.9 Å². The molecule has 1 aromatic heterocycles. The highest BCUT2D eigenvalue weighted by Gasteiger charge is 2.28. The molecule has 0 spiro atoms. The van der Waals surface area contributed by atoms with Gasteiger partial charge < -0.3 is 9.47 Å². The Morgan fingerprint density at radius 1 is 0.852 bits per heavy atom. The molecule has 146 valence electrons. The van der Waals surface area contributed by atoms with E-state index in [-0.39, 0.29) is 10.9 Å². The standard InChI is InChI=1S/C19H24N2O6/c1-11-8-9-13-12(10-11)14(22)21(17(25)27-19(5,6)7)15(23)20(13)16(24)26-18(2,3)4/h8-10H,1-7H3. The summed E-state index contributed by atoms with van der Waals surface area (Å²) in [5.41, 5.74) is -3.01. The Morgan fingerprint density at radius 2 is 1.33 bits per heavy atom. The SMILES string of the molecule is Cc1ccc2c(c1)c(=O)n(C(=O)OC(C)(C)C)c(=O)n2C(=O)OC(C)(C)C. The van der Waals surface area contributed by atoms with Gasteiger partial charge in [-0.2, -0.15) is 9.13 Å². The first-order valence-corrected chi connectivity index (χ1v) is 8.46. The number of carbonyl (C=O) groups is 2. The van der Waals surface area contributed by atoms with Crippen molar-refractivity contribution >= 4 is 23.1 Å². The second-order valence-electron chi connectivity index (χ2n) is 8.24. The minimum absolute atomic E-state index is 0.0336. The van der Waals surface area contributed by atoms with E-state index in [0.29, 0.717) is 9.13 Å². The van der Waals surface area contributed by atoms with Gasteiger partial charge in [-0.05, 0) is 60.6 Å². The van der Waals surface area contributed by atoms with Crippen molar-refractivity contribution in [2.24, 2.45) is 0 Å². The second-order valence-corrected chi connectivity index (χ2v) is 8.24. The minimum atomic E-state index is -1.15. The van der Waals surface area contributed by atoms with Crippen LogP contribution in [-0.2, 0) is 9.47 Å². The van der Waals surface area contributed by atoms with Gasteiger partial charge in [-0.1, -0.05) is 11.6 Å². The smallest absolute Gasteiger partial charge is 0.425 e. The minimum Gasteiger partial charge on any atom is -0.443 e. The molecule has 0 radical (unpaired) electrons. The maximum atomic E-state index is 12.9. The van der Waals surface area contributed by atoms with E-state index in [0.717, 1.165) is 5.56 Å². The van der Waals surface area contributed by atoms with Crippen LogP contribution in [0.1, 0.15) is 47.1 Å². The molecule has 8 nitrogen and oxygen atoms in total. The number of benzene rings is 1. The van der Waals surface area contributed by atoms with Crippen LogP contribution in [0, 0.1) is 6.92 Å². The Balaban J connectivity index is 2.85. The van der Waals surface area contributed by atoms with Crippen molar-refractivity contribution in [3.63, 3.8) is 0 Å². The van der Waals surface area contributed by atoms with E-state index < -0.39 is 34.6 Å². The normalized spacial score (nSPS) is 12.1. The predicted octanol–water partition coefficient (Wildman–Crippen LogP) is 3.04. The molecule has 0 aliphatic rings. The predicted molar refractivity (Wildman–Crippen MR) is 100 cm³/mol. The van der Waals surface area contributed by atoms with Gasteiger partial charge in [-0.25, -0.2) is 14.4 Å². The maximum Gasteiger partial charge on any atom is 0.425 e. The van der Waals surface area contributed by atoms with Gasteiger partial charge in [0.15, 0.2) is 0 Å². The number of carbonyl (C=O) groups excluding carboxylic acids is 2. The summed E-state index contributed by atoms with van der Waals surface area (Å²) in [5.74, 6) is 0. The first kappa shape index (κ1) is 20.4. The summed E-state index contributed by atoms with van der Waals surface area (Å²) < 4.78 is 11.4. The Kier molecular flexibility index (Phi) is 5.05. The van der Waals surface area contributed by atoms with E-state index in [1.807, 2.05) is 0 Å². The third-order valence-corrected chi connectivity index (χ3v) is 3.36. The van der Waals surface area contributed by atoms with Crippen LogP contribution in [-0.4, -0.2) is 32.5 Å². The van der Waals surface area contributed by atoms with Crippen LogP contribution in [0.15, 0.2) is 27.8 Å². The molecule has 2 aromatic rings. The van der Waals surface area contributed by atoms with Gasteiger partial charge >= 0.3 is 17.9 Å². The zero-order valence-corrected chi connectivity index (χ0v) is 16.6. The lowest BCUT2D eigenvalue weighted by atomic mass is 10.1. The van der Waals surface area contributed by atoms with Gasteiger partial charge in [0.1, 0.15) is 11.2 Å². The molecular formula is C19H24N2O6. The molecule has 0 N–H and O–H groups in total. The molecule has 0 atom stereocenters. The molecule has 0 unspecified atom stereocenters. The summed E-state index contributed by atoms with van der Waals surface area (Å²) in [6.07, 6.45) is -2.14. The van der Waals surface area contributed by atoms with E-state index in [2.05, 4.69) is 0 Å². The molecule has 0 aliphatic carbocycles. The second kappa shape index (κ2) is 6.68. The number of nitrogens with zero attached hydrogens (tertiary/aromatic N) is 2. The highest BCUT2D eigenvalue weighted by atomic mass is 16.6. The van der Waals surface area contributed by atoms with Crippen LogP contribution in [0.2, 0.25) is 0 Å². The Bertz CT molecular complexity index is 1030. The summed E-state index contributed by atoms with van der Waals surface area (Å²) >= 11 is 0. The Hall–Kier alpha value is -2.90. The molecule has 2 rings (SSSR count). The fourth-order valence-corrected chi connectivity index (χ4v) is 2.38. The van der Waals surface area contributed by atoms with Crippen molar-refractivity contribution in [2.75, 3.05) is 0 Å². The van der Waals surface area contributed by atoms with Crippen molar-refractivity contribution in [1.29, 1.82) is 0 Å². The lowest BCUT2D eigenvalue weighted by Gasteiger charge is -2.22. The molecule has 27 heavy (non-hydrogen) atoms. The topological polar surface area (TPSA) is 96.6 Å². The molecule has 0 fully saturated rings. The largest absolute Gasteiger partial charge is 0.443 e. The fourth-order valence-electron chi connectivity index (χ4n) is 2.38. The third-order valence-electron chi connectivity index (χ3n) is 3.36. The average Bonchev–Trinajstić information content (AvgIpc) is 2.44. The van der Waals surface area contributed by atoms with Crippen LogP contribution < -0.4 is 11.2 Å². The van der Waals surface area contributed by atoms with Crippen LogP contribution in [0.4, 0.5) is 9.59 Å². The molecule has 1 heterocycles. The summed E-state index contributed by atoms with van der Waals surface area (Å²) in [6, 6.07) is 4.62. The van der Waals surface area contributed by atoms with E-state index in [4.69, 9.17) is 9.47 Å². The molecule has 8 heteroatoms. The number of hydrogen-bond acceptors (Lipinski definition) is 6. The van der Waals surface area contributed by atoms with Crippen molar-refractivity contribution in [2.45, 2.75) is 59.7 Å². The number of aryl methyl sites for hydroxylation is 1. The van der Waals surface area contributed by atoms with Gasteiger partial charge in [-0.15, -0.1) is 0 Å². The van der Waals surface area contributed by atoms with Crippen LogP contribution in [0.3, 0.4) is 0 Å². The highest BCUT2D eigenvalue weighted by Crippen LogP contribution is 2.15. The molecule has 0 saturated carbocycles. The van der Waals surface area contributed by atoms with Crippen molar-refractivity contribution < 1.29 is 19.1 Å². The average molecular weight is 376 g/mol. The quantitative estimate of drug-likeness (QED) is 0.701. The summed E-state index contributed by atoms with van der Waals surface area (Å²) in [7, 11) is 0. The summed E-state index contributed by atoms with van der Waals surface area (Å²) in [5, 5.41) is 0.0336. The van der Waals surface area contributed by atoms with Gasteiger partial charge in [-0.3, -0.25) is 4.79 Å². The highest BCUT2D eigenvalue weighted by molar-refractivity contribution is 5.89. The van der Waals surface area contributed by atoms with Crippen LogP contribution >= 0.6 is 0 Å². The summed E-state index contributed by atoms with van der Waals surface area (Å²) in [4.78, 5) is 50.7. The van der Waals surface area contributed by atoms with Gasteiger partial charge in [0.25, 0.3) is 5.56 Å². The number of fused-ring (bicyclic) bond motifs is 1. The monoisotopic (exact) mass is 376 g/mol. The molecular weight excluding hydrogens is 352 g/mol. The first-order chi connectivity index (χ1) is 12.2. The van der Waals surface area contributed by atoms with E-state index in [9.17, 15) is 19.2 Å². The number of hydrogen-bond donors (Lipinski definition) is 0. The van der Waals surface area contributed by atoms with Crippen molar-refractivity contribution in [3.05, 3.63) is 44.6 Å². The Labute approximate surface area is 156 Å². The number of aromatic nitrogens is 2. The fraction of sp³-hybridized carbons (Fsp3) is 0.474. The lowest BCUT2D eigenvalue weighted by Crippen LogP contribution is -2.48. The van der Waals surface area contributed by atoms with Crippen molar-refractivity contribution in [3.8, 4) is 0 Å². The molecule has 0 amide bonds. The molecule has 0 saturated heterocycles. The van der Waals surface area contributed by atoms with Crippen LogP contribution in [0.25, 0.3) is 10.9 Å². The summed E-state index contributed by atoms with van der Waals surface area (Å²) in [6.45, 7) is 11.5. The molecule has 0 bridgehead atoms. The maximum absolute atomic E-state index is 12.9. The third kappa shape index (κ3) is 4.45. The van der Waals surface area contributed by atoms with Crippen LogP contribution in [0.5, 0.6) is 0 Å². The lowest BCUT2D eigenvalue weighted by molar-refractivity contribution is 0.0499. The van der Waals surface area contributed by atoms with Crippen molar-refractivity contribution in [1.82, 2.24) is 9.13 Å². The first-order valence-electron chi connectivity index (χ1n) is 8.46.